The molecule has 0 radical (unpaired) electrons. The highest BCUT2D eigenvalue weighted by molar-refractivity contribution is 6.31. The van der Waals surface area contributed by atoms with Crippen LogP contribution in [0.4, 0.5) is 4.39 Å². The van der Waals surface area contributed by atoms with Crippen LogP contribution in [0.25, 0.3) is 0 Å². The first-order chi connectivity index (χ1) is 13.3. The first-order valence-electron chi connectivity index (χ1n) is 8.89. The third-order valence-corrected chi connectivity index (χ3v) is 4.92. The molecule has 28 heavy (non-hydrogen) atoms. The van der Waals surface area contributed by atoms with Crippen molar-refractivity contribution in [2.45, 2.75) is 25.9 Å². The van der Waals surface area contributed by atoms with Crippen molar-refractivity contribution in [2.24, 2.45) is 0 Å². The maximum Gasteiger partial charge on any atom is 0.141 e. The van der Waals surface area contributed by atoms with Crippen molar-refractivity contribution in [1.29, 1.82) is 0 Å². The fourth-order valence-electron chi connectivity index (χ4n) is 2.76. The molecule has 0 atom stereocenters. The zero-order valence-electron chi connectivity index (χ0n) is 15.7. The largest absolute Gasteiger partial charge is 0.457 e. The summed E-state index contributed by atoms with van der Waals surface area (Å²) < 4.78 is 25.2. The fourth-order valence-corrected chi connectivity index (χ4v) is 3.07. The lowest BCUT2D eigenvalue weighted by Gasteiger charge is -2.25. The van der Waals surface area contributed by atoms with Crippen molar-refractivity contribution in [3.05, 3.63) is 93.7 Å². The molecule has 3 aromatic rings. The van der Waals surface area contributed by atoms with E-state index in [1.165, 1.54) is 6.07 Å². The molecule has 0 N–H and O–H groups in total. The highest BCUT2D eigenvalue weighted by Crippen LogP contribution is 2.28. The van der Waals surface area contributed by atoms with E-state index in [-0.39, 0.29) is 10.4 Å². The Bertz CT molecular complexity index is 940. The second-order valence-corrected chi connectivity index (χ2v) is 8.05. The summed E-state index contributed by atoms with van der Waals surface area (Å²) in [7, 11) is 0. The fraction of sp³-hybridized carbons (Fsp3) is 0.217. The van der Waals surface area contributed by atoms with E-state index in [1.54, 1.807) is 24.3 Å². The molecule has 2 nitrogen and oxygen atoms in total. The Hall–Kier alpha value is -2.07. The monoisotopic (exact) mass is 418 g/mol. The number of ether oxygens (including phenoxy) is 2. The van der Waals surface area contributed by atoms with Crippen LogP contribution >= 0.6 is 23.2 Å². The van der Waals surface area contributed by atoms with Crippen molar-refractivity contribution in [2.75, 3.05) is 6.61 Å². The Morgan fingerprint density at radius 2 is 1.64 bits per heavy atom. The summed E-state index contributed by atoms with van der Waals surface area (Å²) in [6.45, 7) is 4.99. The van der Waals surface area contributed by atoms with Crippen LogP contribution in [-0.2, 0) is 16.8 Å². The van der Waals surface area contributed by atoms with Gasteiger partial charge in [-0.25, -0.2) is 4.39 Å². The van der Waals surface area contributed by atoms with E-state index in [1.807, 2.05) is 50.2 Å². The van der Waals surface area contributed by atoms with Gasteiger partial charge < -0.3 is 9.47 Å². The van der Waals surface area contributed by atoms with Gasteiger partial charge in [0, 0.05) is 10.4 Å². The van der Waals surface area contributed by atoms with Crippen LogP contribution in [0.1, 0.15) is 25.0 Å². The highest BCUT2D eigenvalue weighted by atomic mass is 35.5. The molecule has 3 aromatic carbocycles. The molecular weight excluding hydrogens is 398 g/mol. The predicted octanol–water partition coefficient (Wildman–Crippen LogP) is 7.42. The van der Waals surface area contributed by atoms with Crippen LogP contribution in [0.5, 0.6) is 11.5 Å². The Balaban J connectivity index is 1.59. The molecule has 0 unspecified atom stereocenters. The van der Waals surface area contributed by atoms with Gasteiger partial charge in [-0.05, 0) is 59.7 Å². The minimum atomic E-state index is -0.417. The van der Waals surface area contributed by atoms with Crippen molar-refractivity contribution in [1.82, 2.24) is 0 Å². The minimum absolute atomic E-state index is 0.123. The van der Waals surface area contributed by atoms with E-state index in [0.717, 1.165) is 22.6 Å². The van der Waals surface area contributed by atoms with Gasteiger partial charge in [-0.1, -0.05) is 55.2 Å². The first-order valence-corrected chi connectivity index (χ1v) is 9.65. The predicted molar refractivity (Wildman–Crippen MR) is 112 cm³/mol. The number of halogens is 3. The zero-order valence-corrected chi connectivity index (χ0v) is 17.2. The average Bonchev–Trinajstić information content (AvgIpc) is 2.66. The normalized spacial score (nSPS) is 11.5. The molecule has 0 saturated carbocycles. The van der Waals surface area contributed by atoms with Crippen LogP contribution in [0.2, 0.25) is 10.0 Å². The van der Waals surface area contributed by atoms with Gasteiger partial charge in [-0.15, -0.1) is 0 Å². The first kappa shape index (κ1) is 20.7. The summed E-state index contributed by atoms with van der Waals surface area (Å²) in [5.74, 6) is 1.03. The van der Waals surface area contributed by atoms with Gasteiger partial charge in [-0.3, -0.25) is 0 Å². The molecule has 0 amide bonds. The molecule has 0 aromatic heterocycles. The lowest BCUT2D eigenvalue weighted by atomic mass is 9.85. The Labute approximate surface area is 174 Å². The maximum absolute atomic E-state index is 13.4. The van der Waals surface area contributed by atoms with E-state index in [4.69, 9.17) is 32.7 Å². The van der Waals surface area contributed by atoms with Crippen molar-refractivity contribution >= 4 is 23.2 Å². The molecule has 5 heteroatoms. The Morgan fingerprint density at radius 3 is 2.36 bits per heavy atom. The summed E-state index contributed by atoms with van der Waals surface area (Å²) in [6, 6.07) is 19.7. The smallest absolute Gasteiger partial charge is 0.141 e. The van der Waals surface area contributed by atoms with Crippen molar-refractivity contribution in [3.63, 3.8) is 0 Å². The van der Waals surface area contributed by atoms with E-state index in [0.29, 0.717) is 18.2 Å². The summed E-state index contributed by atoms with van der Waals surface area (Å²) >= 11 is 11.8. The standard InChI is InChI=1S/C23H21Cl2FO2/c1-23(2,17-6-11-22(26)21(25)13-17)15-27-14-16-4-3-5-20(12-16)28-19-9-7-18(24)8-10-19/h3-13H,14-15H2,1-2H3. The molecule has 0 aliphatic carbocycles. The summed E-state index contributed by atoms with van der Waals surface area (Å²) in [4.78, 5) is 0. The SMILES string of the molecule is CC(C)(COCc1cccc(Oc2ccc(Cl)cc2)c1)c1ccc(F)c(Cl)c1. The van der Waals surface area contributed by atoms with Crippen molar-refractivity contribution in [3.8, 4) is 11.5 Å². The number of hydrogen-bond acceptors (Lipinski definition) is 2. The van der Waals surface area contributed by atoms with Crippen LogP contribution in [0.3, 0.4) is 0 Å². The average molecular weight is 419 g/mol. The molecule has 0 heterocycles. The van der Waals surface area contributed by atoms with Gasteiger partial charge in [0.15, 0.2) is 0 Å². The molecule has 0 bridgehead atoms. The lowest BCUT2D eigenvalue weighted by molar-refractivity contribution is 0.0824. The number of rotatable bonds is 7. The second-order valence-electron chi connectivity index (χ2n) is 7.21. The molecule has 146 valence electrons. The minimum Gasteiger partial charge on any atom is -0.457 e. The Morgan fingerprint density at radius 1 is 0.893 bits per heavy atom. The van der Waals surface area contributed by atoms with Crippen LogP contribution in [0, 0.1) is 5.82 Å². The highest BCUT2D eigenvalue weighted by Gasteiger charge is 2.22. The van der Waals surface area contributed by atoms with Gasteiger partial charge in [0.25, 0.3) is 0 Å². The number of hydrogen-bond donors (Lipinski definition) is 0. The molecule has 0 aliphatic heterocycles. The quantitative estimate of drug-likeness (QED) is 0.397. The van der Waals surface area contributed by atoms with Gasteiger partial charge in [-0.2, -0.15) is 0 Å². The van der Waals surface area contributed by atoms with E-state index in [2.05, 4.69) is 0 Å². The van der Waals surface area contributed by atoms with E-state index < -0.39 is 5.82 Å². The van der Waals surface area contributed by atoms with Crippen LogP contribution in [0.15, 0.2) is 66.7 Å². The maximum atomic E-state index is 13.4. The third-order valence-electron chi connectivity index (χ3n) is 4.38. The van der Waals surface area contributed by atoms with Crippen molar-refractivity contribution < 1.29 is 13.9 Å². The molecule has 0 spiro atoms. The van der Waals surface area contributed by atoms with E-state index >= 15 is 0 Å². The summed E-state index contributed by atoms with van der Waals surface area (Å²) in [6.07, 6.45) is 0. The summed E-state index contributed by atoms with van der Waals surface area (Å²) in [5, 5.41) is 0.789. The lowest BCUT2D eigenvalue weighted by Crippen LogP contribution is -2.24. The van der Waals surface area contributed by atoms with E-state index in [9.17, 15) is 4.39 Å². The van der Waals surface area contributed by atoms with Gasteiger partial charge in [0.05, 0.1) is 18.2 Å². The molecule has 3 rings (SSSR count). The molecule has 0 fully saturated rings. The molecule has 0 saturated heterocycles. The second kappa shape index (κ2) is 8.95. The number of benzene rings is 3. The third kappa shape index (κ3) is 5.48. The van der Waals surface area contributed by atoms with Gasteiger partial charge in [0.2, 0.25) is 0 Å². The summed E-state index contributed by atoms with van der Waals surface area (Å²) in [5.41, 5.74) is 1.63. The Kier molecular flexibility index (Phi) is 6.61. The van der Waals surface area contributed by atoms with Gasteiger partial charge >= 0.3 is 0 Å². The van der Waals surface area contributed by atoms with Gasteiger partial charge in [0.1, 0.15) is 17.3 Å². The van der Waals surface area contributed by atoms with Crippen LogP contribution in [-0.4, -0.2) is 6.61 Å². The molecule has 0 aliphatic rings. The topological polar surface area (TPSA) is 18.5 Å². The zero-order chi connectivity index (χ0) is 20.1. The van der Waals surface area contributed by atoms with Crippen LogP contribution < -0.4 is 4.74 Å². The molecular formula is C23H21Cl2FO2.